The maximum Gasteiger partial charge on any atom is 0.342 e. The Balaban J connectivity index is 2.57. The van der Waals surface area contributed by atoms with Gasteiger partial charge in [-0.1, -0.05) is 38.4 Å². The van der Waals surface area contributed by atoms with Crippen molar-refractivity contribution >= 4 is 19.8 Å². The van der Waals surface area contributed by atoms with Gasteiger partial charge in [-0.3, -0.25) is 4.79 Å². The monoisotopic (exact) mass is 402 g/mol. The first-order chi connectivity index (χ1) is 13.1. The molecule has 1 aliphatic rings. The van der Waals surface area contributed by atoms with Crippen LogP contribution >= 0.6 is 0 Å². The van der Waals surface area contributed by atoms with E-state index in [4.69, 9.17) is 14.2 Å². The summed E-state index contributed by atoms with van der Waals surface area (Å²) < 4.78 is 17.1. The van der Waals surface area contributed by atoms with Gasteiger partial charge in [-0.15, -0.1) is 0 Å². The van der Waals surface area contributed by atoms with E-state index < -0.39 is 8.07 Å². The summed E-state index contributed by atoms with van der Waals surface area (Å²) in [6, 6.07) is 0.966. The van der Waals surface area contributed by atoms with E-state index in [1.165, 1.54) is 13.0 Å². The first kappa shape index (κ1) is 22.0. The highest BCUT2D eigenvalue weighted by Gasteiger charge is 2.33. The summed E-state index contributed by atoms with van der Waals surface area (Å²) in [5, 5.41) is 0. The zero-order valence-electron chi connectivity index (χ0n) is 17.7. The van der Waals surface area contributed by atoms with Crippen LogP contribution in [-0.2, 0) is 22.6 Å². The zero-order chi connectivity index (χ0) is 21.1. The lowest BCUT2D eigenvalue weighted by atomic mass is 9.94. The highest BCUT2D eigenvalue weighted by atomic mass is 28.3. The normalized spacial score (nSPS) is 13.8. The minimum atomic E-state index is -1.30. The van der Waals surface area contributed by atoms with E-state index in [1.54, 1.807) is 13.2 Å². The van der Waals surface area contributed by atoms with Crippen molar-refractivity contribution in [1.82, 2.24) is 0 Å². The van der Waals surface area contributed by atoms with E-state index in [9.17, 15) is 9.59 Å². The summed E-state index contributed by atoms with van der Waals surface area (Å²) >= 11 is 0. The molecule has 0 bridgehead atoms. The van der Waals surface area contributed by atoms with E-state index in [2.05, 4.69) is 26.2 Å². The van der Waals surface area contributed by atoms with Crippen LogP contribution in [0.4, 0.5) is 0 Å². The van der Waals surface area contributed by atoms with Crippen LogP contribution in [0.15, 0.2) is 24.3 Å². The predicted molar refractivity (Wildman–Crippen MR) is 113 cm³/mol. The first-order valence-electron chi connectivity index (χ1n) is 9.46. The minimum Gasteiger partial charge on any atom is -0.496 e. The van der Waals surface area contributed by atoms with Gasteiger partial charge < -0.3 is 14.2 Å². The maximum atomic E-state index is 12.4. The van der Waals surface area contributed by atoms with Gasteiger partial charge in [-0.05, 0) is 31.9 Å². The van der Waals surface area contributed by atoms with Crippen molar-refractivity contribution in [1.29, 1.82) is 0 Å². The molecule has 0 unspecified atom stereocenters. The second-order valence-corrected chi connectivity index (χ2v) is 13.8. The number of ether oxygens (including phenoxy) is 3. The van der Waals surface area contributed by atoms with E-state index >= 15 is 0 Å². The molecule has 5 nitrogen and oxygen atoms in total. The van der Waals surface area contributed by atoms with E-state index in [1.807, 2.05) is 6.92 Å². The summed E-state index contributed by atoms with van der Waals surface area (Å²) in [5.41, 5.74) is 3.45. The van der Waals surface area contributed by atoms with Gasteiger partial charge in [0, 0.05) is 24.8 Å². The standard InChI is InChI=1S/C22H30O5Si/c1-8-16(15(3)23)9-10-17-20(25-4)14(2)18-13-27-22(24)19(18)21(17)26-11-12-28(5,6)7/h8-9H,1,10-13H2,2-7H3/b16-9+. The molecule has 0 saturated heterocycles. The molecule has 0 spiro atoms. The molecular weight excluding hydrogens is 372 g/mol. The van der Waals surface area contributed by atoms with Crippen LogP contribution in [-0.4, -0.2) is 33.5 Å². The Kier molecular flexibility index (Phi) is 6.88. The average molecular weight is 403 g/mol. The number of carbonyl (C=O) groups is 2. The Morgan fingerprint density at radius 1 is 1.29 bits per heavy atom. The number of carbonyl (C=O) groups excluding carboxylic acids is 2. The molecule has 28 heavy (non-hydrogen) atoms. The molecule has 6 heteroatoms. The second kappa shape index (κ2) is 8.77. The topological polar surface area (TPSA) is 61.8 Å². The number of hydrogen-bond acceptors (Lipinski definition) is 5. The molecule has 0 fully saturated rings. The molecular formula is C22H30O5Si. The van der Waals surface area contributed by atoms with Crippen LogP contribution in [0.25, 0.3) is 0 Å². The number of benzene rings is 1. The maximum absolute atomic E-state index is 12.4. The van der Waals surface area contributed by atoms with Gasteiger partial charge in [0.1, 0.15) is 23.7 Å². The minimum absolute atomic E-state index is 0.0625. The summed E-state index contributed by atoms with van der Waals surface area (Å²) in [5.74, 6) is 0.752. The molecule has 0 aliphatic carbocycles. The van der Waals surface area contributed by atoms with Crippen LogP contribution in [0.1, 0.15) is 34.0 Å². The zero-order valence-corrected chi connectivity index (χ0v) is 18.7. The van der Waals surface area contributed by atoms with Crippen LogP contribution in [0, 0.1) is 6.92 Å². The van der Waals surface area contributed by atoms with Crippen molar-refractivity contribution in [2.45, 2.75) is 52.6 Å². The molecule has 1 heterocycles. The van der Waals surface area contributed by atoms with Crippen LogP contribution in [0.5, 0.6) is 11.5 Å². The first-order valence-corrected chi connectivity index (χ1v) is 13.2. The van der Waals surface area contributed by atoms with Crippen LogP contribution < -0.4 is 9.47 Å². The fraction of sp³-hybridized carbons (Fsp3) is 0.455. The van der Waals surface area contributed by atoms with Gasteiger partial charge in [-0.2, -0.15) is 0 Å². The third-order valence-corrected chi connectivity index (χ3v) is 6.58. The highest BCUT2D eigenvalue weighted by molar-refractivity contribution is 6.76. The van der Waals surface area contributed by atoms with E-state index in [0.29, 0.717) is 35.7 Å². The number of cyclic esters (lactones) is 1. The number of fused-ring (bicyclic) bond motifs is 1. The van der Waals surface area contributed by atoms with Crippen molar-refractivity contribution in [3.63, 3.8) is 0 Å². The number of rotatable bonds is 9. The van der Waals surface area contributed by atoms with Crippen molar-refractivity contribution in [2.75, 3.05) is 13.7 Å². The number of methoxy groups -OCH3 is 1. The summed E-state index contributed by atoms with van der Waals surface area (Å²) in [4.78, 5) is 24.2. The molecule has 0 atom stereocenters. The number of esters is 1. The second-order valence-electron chi connectivity index (χ2n) is 8.18. The lowest BCUT2D eigenvalue weighted by Crippen LogP contribution is -2.23. The Hall–Kier alpha value is -2.34. The molecule has 1 aliphatic heterocycles. The molecule has 1 aromatic rings. The Morgan fingerprint density at radius 3 is 2.50 bits per heavy atom. The third-order valence-electron chi connectivity index (χ3n) is 4.88. The molecule has 0 amide bonds. The van der Waals surface area contributed by atoms with Crippen LogP contribution in [0.2, 0.25) is 25.7 Å². The fourth-order valence-corrected chi connectivity index (χ4v) is 3.93. The van der Waals surface area contributed by atoms with Gasteiger partial charge in [-0.25, -0.2) is 4.79 Å². The lowest BCUT2D eigenvalue weighted by Gasteiger charge is -2.21. The molecule has 0 aromatic heterocycles. The van der Waals surface area contributed by atoms with Crippen molar-refractivity contribution in [3.05, 3.63) is 46.6 Å². The van der Waals surface area contributed by atoms with E-state index in [0.717, 1.165) is 22.7 Å². The molecule has 1 aromatic carbocycles. The Bertz CT molecular complexity index is 831. The smallest absolute Gasteiger partial charge is 0.342 e. The Morgan fingerprint density at radius 2 is 1.96 bits per heavy atom. The van der Waals surface area contributed by atoms with Crippen molar-refractivity contribution in [2.24, 2.45) is 0 Å². The molecule has 0 saturated carbocycles. The predicted octanol–water partition coefficient (Wildman–Crippen LogP) is 4.63. The quantitative estimate of drug-likeness (QED) is 0.261. The van der Waals surface area contributed by atoms with Crippen LogP contribution in [0.3, 0.4) is 0 Å². The number of ketones is 1. The van der Waals surface area contributed by atoms with E-state index in [-0.39, 0.29) is 18.4 Å². The van der Waals surface area contributed by atoms with Crippen molar-refractivity contribution in [3.8, 4) is 11.5 Å². The fourth-order valence-electron chi connectivity index (χ4n) is 3.21. The SMILES string of the molecule is C=C/C(=C\Cc1c(OC)c(C)c2c(c1OCC[Si](C)(C)C)C(=O)OC2)C(C)=O. The van der Waals surface area contributed by atoms with Gasteiger partial charge in [0.15, 0.2) is 5.78 Å². The highest BCUT2D eigenvalue weighted by Crippen LogP contribution is 2.43. The lowest BCUT2D eigenvalue weighted by molar-refractivity contribution is -0.113. The van der Waals surface area contributed by atoms with Gasteiger partial charge in [0.05, 0.1) is 13.7 Å². The molecule has 2 rings (SSSR count). The average Bonchev–Trinajstić information content (AvgIpc) is 2.98. The number of allylic oxidation sites excluding steroid dienone is 3. The van der Waals surface area contributed by atoms with Crippen molar-refractivity contribution < 1.29 is 23.8 Å². The molecule has 152 valence electrons. The number of Topliss-reactive ketones (excluding diaryl/α,β-unsaturated/α-hetero) is 1. The van der Waals surface area contributed by atoms with Gasteiger partial charge in [0.25, 0.3) is 0 Å². The largest absolute Gasteiger partial charge is 0.496 e. The summed E-state index contributed by atoms with van der Waals surface area (Å²) in [6.45, 7) is 14.7. The third kappa shape index (κ3) is 4.73. The summed E-state index contributed by atoms with van der Waals surface area (Å²) in [6.07, 6.45) is 3.73. The number of hydrogen-bond donors (Lipinski definition) is 0. The Labute approximate surface area is 168 Å². The molecule has 0 N–H and O–H groups in total. The molecule has 0 radical (unpaired) electrons. The summed E-state index contributed by atoms with van der Waals surface area (Å²) in [7, 11) is 0.299. The van der Waals surface area contributed by atoms with Gasteiger partial charge in [0.2, 0.25) is 0 Å². The van der Waals surface area contributed by atoms with Gasteiger partial charge >= 0.3 is 5.97 Å².